The number of carbonyl (C=O) groups is 1. The Morgan fingerprint density at radius 1 is 1.25 bits per heavy atom. The molecule has 7 nitrogen and oxygen atoms in total. The average Bonchev–Trinajstić information content (AvgIpc) is 2.99. The molecule has 24 heavy (non-hydrogen) atoms. The Morgan fingerprint density at radius 2 is 1.75 bits per heavy atom. The van der Waals surface area contributed by atoms with Crippen molar-refractivity contribution in [3.63, 3.8) is 0 Å². The maximum absolute atomic E-state index is 11.2. The van der Waals surface area contributed by atoms with Crippen LogP contribution in [-0.4, -0.2) is 42.3 Å². The van der Waals surface area contributed by atoms with E-state index in [4.69, 9.17) is 20.1 Å². The van der Waals surface area contributed by atoms with E-state index in [0.29, 0.717) is 0 Å². The Morgan fingerprint density at radius 3 is 2.17 bits per heavy atom. The van der Waals surface area contributed by atoms with Crippen molar-refractivity contribution in [1.82, 2.24) is 0 Å². The van der Waals surface area contributed by atoms with Crippen LogP contribution in [0.3, 0.4) is 0 Å². The molecule has 2 atom stereocenters. The van der Waals surface area contributed by atoms with E-state index in [0.717, 1.165) is 31.2 Å². The predicted molar refractivity (Wildman–Crippen MR) is 89.0 cm³/mol. The lowest BCUT2D eigenvalue weighted by Crippen LogP contribution is -2.42. The molecule has 0 radical (unpaired) electrons. The van der Waals surface area contributed by atoms with Gasteiger partial charge < -0.3 is 15.6 Å². The predicted octanol–water partition coefficient (Wildman–Crippen LogP) is 1.42. The van der Waals surface area contributed by atoms with Gasteiger partial charge in [-0.15, -0.1) is 0 Å². The Kier molecular flexibility index (Phi) is 7.82. The molecule has 0 amide bonds. The second-order valence-electron chi connectivity index (χ2n) is 5.90. The molecule has 1 aromatic rings. The van der Waals surface area contributed by atoms with Crippen molar-refractivity contribution in [2.45, 2.75) is 62.7 Å². The minimum absolute atomic E-state index is 0.0253. The van der Waals surface area contributed by atoms with Gasteiger partial charge in [0.1, 0.15) is 12.1 Å². The maximum Gasteiger partial charge on any atom is 0.325 e. The molecule has 1 aliphatic carbocycles. The lowest BCUT2D eigenvalue weighted by Gasteiger charge is -2.17. The molecule has 4 N–H and O–H groups in total. The van der Waals surface area contributed by atoms with E-state index in [2.05, 4.69) is 0 Å². The SMILES string of the molecule is C[C@@H](O)[C@H](N)C(=O)OC1CCCC1.Cc1ccc(S(=O)(=O)O)cc1. The first-order valence-corrected chi connectivity index (χ1v) is 9.23. The highest BCUT2D eigenvalue weighted by molar-refractivity contribution is 7.85. The van der Waals surface area contributed by atoms with Gasteiger partial charge in [0.15, 0.2) is 0 Å². The van der Waals surface area contributed by atoms with Crippen LogP contribution in [0.25, 0.3) is 0 Å². The quantitative estimate of drug-likeness (QED) is 0.548. The Bertz CT molecular complexity index is 620. The first-order chi connectivity index (χ1) is 11.1. The minimum Gasteiger partial charge on any atom is -0.461 e. The number of aliphatic hydroxyl groups is 1. The number of aliphatic hydroxyl groups excluding tert-OH is 1. The molecule has 1 aromatic carbocycles. The molecule has 1 aliphatic rings. The van der Waals surface area contributed by atoms with Crippen LogP contribution in [0.2, 0.25) is 0 Å². The molecule has 0 saturated heterocycles. The van der Waals surface area contributed by atoms with Crippen LogP contribution in [0.15, 0.2) is 29.2 Å². The normalized spacial score (nSPS) is 17.5. The molecule has 8 heteroatoms. The van der Waals surface area contributed by atoms with Gasteiger partial charge in [-0.05, 0) is 51.7 Å². The van der Waals surface area contributed by atoms with E-state index in [1.165, 1.54) is 19.1 Å². The highest BCUT2D eigenvalue weighted by Gasteiger charge is 2.25. The monoisotopic (exact) mass is 359 g/mol. The number of hydrogen-bond acceptors (Lipinski definition) is 6. The first kappa shape index (κ1) is 20.6. The summed E-state index contributed by atoms with van der Waals surface area (Å²) in [4.78, 5) is 11.2. The van der Waals surface area contributed by atoms with Gasteiger partial charge in [0.25, 0.3) is 10.1 Å². The maximum atomic E-state index is 11.2. The van der Waals surface area contributed by atoms with Crippen LogP contribution in [0.1, 0.15) is 38.2 Å². The van der Waals surface area contributed by atoms with Crippen molar-refractivity contribution in [1.29, 1.82) is 0 Å². The molecule has 0 aromatic heterocycles. The number of carbonyl (C=O) groups excluding carboxylic acids is 1. The summed E-state index contributed by atoms with van der Waals surface area (Å²) in [6.07, 6.45) is 3.27. The van der Waals surface area contributed by atoms with Crippen LogP contribution in [-0.2, 0) is 19.6 Å². The lowest BCUT2D eigenvalue weighted by atomic mass is 10.2. The van der Waals surface area contributed by atoms with E-state index < -0.39 is 28.2 Å². The highest BCUT2D eigenvalue weighted by Crippen LogP contribution is 2.21. The summed E-state index contributed by atoms with van der Waals surface area (Å²) in [5.41, 5.74) is 6.37. The zero-order chi connectivity index (χ0) is 18.3. The largest absolute Gasteiger partial charge is 0.461 e. The number of aryl methyl sites for hydroxylation is 1. The van der Waals surface area contributed by atoms with Gasteiger partial charge in [0, 0.05) is 0 Å². The number of hydrogen-bond donors (Lipinski definition) is 3. The van der Waals surface area contributed by atoms with Gasteiger partial charge in [-0.1, -0.05) is 17.7 Å². The minimum atomic E-state index is -4.02. The van der Waals surface area contributed by atoms with Crippen molar-refractivity contribution >= 4 is 16.1 Å². The molecule has 0 bridgehead atoms. The van der Waals surface area contributed by atoms with Crippen LogP contribution >= 0.6 is 0 Å². The summed E-state index contributed by atoms with van der Waals surface area (Å²) < 4.78 is 34.7. The third-order valence-corrected chi connectivity index (χ3v) is 4.56. The molecule has 0 heterocycles. The third-order valence-electron chi connectivity index (χ3n) is 3.70. The van der Waals surface area contributed by atoms with Crippen molar-refractivity contribution in [3.8, 4) is 0 Å². The zero-order valence-electron chi connectivity index (χ0n) is 13.9. The van der Waals surface area contributed by atoms with Crippen LogP contribution in [0.5, 0.6) is 0 Å². The van der Waals surface area contributed by atoms with Gasteiger partial charge in [-0.25, -0.2) is 0 Å². The Labute approximate surface area is 142 Å². The fourth-order valence-electron chi connectivity index (χ4n) is 2.16. The molecule has 2 rings (SSSR count). The van der Waals surface area contributed by atoms with Crippen molar-refractivity contribution in [3.05, 3.63) is 29.8 Å². The molecular formula is C16H25NO6S. The summed E-state index contributed by atoms with van der Waals surface area (Å²) in [5.74, 6) is -0.484. The molecule has 0 spiro atoms. The van der Waals surface area contributed by atoms with E-state index in [9.17, 15) is 13.2 Å². The van der Waals surface area contributed by atoms with Gasteiger partial charge in [0.2, 0.25) is 0 Å². The van der Waals surface area contributed by atoms with Crippen LogP contribution in [0.4, 0.5) is 0 Å². The van der Waals surface area contributed by atoms with Crippen molar-refractivity contribution in [2.24, 2.45) is 5.73 Å². The smallest absolute Gasteiger partial charge is 0.325 e. The van der Waals surface area contributed by atoms with Gasteiger partial charge in [-0.3, -0.25) is 9.35 Å². The van der Waals surface area contributed by atoms with Gasteiger partial charge in [0.05, 0.1) is 11.0 Å². The second kappa shape index (κ2) is 9.12. The molecule has 136 valence electrons. The van der Waals surface area contributed by atoms with Gasteiger partial charge >= 0.3 is 5.97 Å². The molecule has 0 unspecified atom stereocenters. The average molecular weight is 359 g/mol. The molecule has 1 fully saturated rings. The Balaban J connectivity index is 0.000000243. The number of ether oxygens (including phenoxy) is 1. The van der Waals surface area contributed by atoms with E-state index in [-0.39, 0.29) is 11.0 Å². The molecule has 0 aliphatic heterocycles. The summed E-state index contributed by atoms with van der Waals surface area (Å²) >= 11 is 0. The standard InChI is InChI=1S/C9H17NO3.C7H8O3S/c1-6(11)8(10)9(12)13-7-4-2-3-5-7;1-6-2-4-7(5-3-6)11(8,9)10/h6-8,11H,2-5,10H2,1H3;2-5H,1H3,(H,8,9,10)/t6-,8+;/m1./s1. The topological polar surface area (TPSA) is 127 Å². The summed E-state index contributed by atoms with van der Waals surface area (Å²) in [6, 6.07) is 5.09. The van der Waals surface area contributed by atoms with E-state index in [1.807, 2.05) is 6.92 Å². The van der Waals surface area contributed by atoms with Gasteiger partial charge in [-0.2, -0.15) is 8.42 Å². The van der Waals surface area contributed by atoms with Crippen LogP contribution in [0, 0.1) is 6.92 Å². The van der Waals surface area contributed by atoms with Crippen molar-refractivity contribution in [2.75, 3.05) is 0 Å². The number of nitrogens with two attached hydrogens (primary N) is 1. The van der Waals surface area contributed by atoms with E-state index >= 15 is 0 Å². The number of benzene rings is 1. The highest BCUT2D eigenvalue weighted by atomic mass is 32.2. The zero-order valence-corrected chi connectivity index (χ0v) is 14.7. The summed E-state index contributed by atoms with van der Waals surface area (Å²) in [5, 5.41) is 9.04. The van der Waals surface area contributed by atoms with Crippen LogP contribution < -0.4 is 5.73 Å². The first-order valence-electron chi connectivity index (χ1n) is 7.79. The summed E-state index contributed by atoms with van der Waals surface area (Å²) in [6.45, 7) is 3.33. The fraction of sp³-hybridized carbons (Fsp3) is 0.562. The third kappa shape index (κ3) is 6.96. The van der Waals surface area contributed by atoms with Crippen molar-refractivity contribution < 1.29 is 27.6 Å². The number of rotatable bonds is 4. The fourth-order valence-corrected chi connectivity index (χ4v) is 2.64. The summed E-state index contributed by atoms with van der Waals surface area (Å²) in [7, 11) is -4.02. The Hall–Kier alpha value is -1.48. The molecular weight excluding hydrogens is 334 g/mol. The number of esters is 1. The van der Waals surface area contributed by atoms with E-state index in [1.54, 1.807) is 12.1 Å². The molecule has 1 saturated carbocycles. The second-order valence-corrected chi connectivity index (χ2v) is 7.32. The lowest BCUT2D eigenvalue weighted by molar-refractivity contribution is -0.152.